The highest BCUT2D eigenvalue weighted by molar-refractivity contribution is 7.99. The Morgan fingerprint density at radius 1 is 1.07 bits per heavy atom. The number of hydrogen-bond acceptors (Lipinski definition) is 5. The number of aromatic nitrogens is 3. The van der Waals surface area contributed by atoms with Crippen molar-refractivity contribution in [2.24, 2.45) is 0 Å². The van der Waals surface area contributed by atoms with Gasteiger partial charge in [-0.1, -0.05) is 41.6 Å². The van der Waals surface area contributed by atoms with Gasteiger partial charge >= 0.3 is 6.03 Å². The van der Waals surface area contributed by atoms with Crippen LogP contribution in [0.1, 0.15) is 13.8 Å². The molecule has 9 heteroatoms. The van der Waals surface area contributed by atoms with E-state index >= 15 is 0 Å². The average molecular weight is 430 g/mol. The second-order valence-electron chi connectivity index (χ2n) is 6.45. The third kappa shape index (κ3) is 5.58. The highest BCUT2D eigenvalue weighted by atomic mass is 35.5. The van der Waals surface area contributed by atoms with Crippen LogP contribution in [0.15, 0.2) is 59.8 Å². The van der Waals surface area contributed by atoms with E-state index in [2.05, 4.69) is 20.8 Å². The van der Waals surface area contributed by atoms with Gasteiger partial charge < -0.3 is 5.32 Å². The van der Waals surface area contributed by atoms with Gasteiger partial charge in [0.1, 0.15) is 0 Å². The lowest BCUT2D eigenvalue weighted by atomic mass is 10.2. The van der Waals surface area contributed by atoms with Gasteiger partial charge in [0, 0.05) is 22.3 Å². The minimum Gasteiger partial charge on any atom is -0.336 e. The first kappa shape index (κ1) is 20.9. The van der Waals surface area contributed by atoms with Gasteiger partial charge in [-0.3, -0.25) is 14.7 Å². The monoisotopic (exact) mass is 429 g/mol. The number of hydrogen-bond donors (Lipinski definition) is 2. The van der Waals surface area contributed by atoms with Crippen molar-refractivity contribution in [3.05, 3.63) is 59.6 Å². The maximum Gasteiger partial charge on any atom is 0.321 e. The van der Waals surface area contributed by atoms with E-state index in [1.54, 1.807) is 12.1 Å². The van der Waals surface area contributed by atoms with Crippen LogP contribution in [0, 0.1) is 0 Å². The molecule has 2 N–H and O–H groups in total. The van der Waals surface area contributed by atoms with Gasteiger partial charge in [-0.15, -0.1) is 10.2 Å². The number of nitrogens with zero attached hydrogens (tertiary/aromatic N) is 3. The first-order chi connectivity index (χ1) is 13.9. The molecular formula is C20H20ClN5O2S. The molecule has 0 bridgehead atoms. The molecule has 0 spiro atoms. The highest BCUT2D eigenvalue weighted by Gasteiger charge is 2.18. The number of nitrogens with one attached hydrogen (secondary N) is 2. The zero-order valence-electron chi connectivity index (χ0n) is 15.9. The summed E-state index contributed by atoms with van der Waals surface area (Å²) in [6.07, 6.45) is 0. The Labute approximate surface area is 177 Å². The molecule has 7 nitrogen and oxygen atoms in total. The molecule has 0 aliphatic carbocycles. The van der Waals surface area contributed by atoms with Gasteiger partial charge in [-0.05, 0) is 50.2 Å². The lowest BCUT2D eigenvalue weighted by Crippen LogP contribution is -2.43. The Bertz CT molecular complexity index is 990. The average Bonchev–Trinajstić information content (AvgIpc) is 3.11. The number of para-hydroxylation sites is 1. The molecule has 150 valence electrons. The molecule has 0 fully saturated rings. The Balaban J connectivity index is 1.83. The standard InChI is InChI=1S/C20H20ClN5O2S/c1-13(2)22-19(28)23-17(27)12-29-20-25-24-18(14-8-10-15(21)11-9-14)26(20)16-6-4-3-5-7-16/h3-11,13H,12H2,1-2H3,(H2,22,23,27,28). The largest absolute Gasteiger partial charge is 0.336 e. The van der Waals surface area contributed by atoms with Crippen molar-refractivity contribution in [2.75, 3.05) is 5.75 Å². The van der Waals surface area contributed by atoms with E-state index in [1.807, 2.05) is 60.9 Å². The molecule has 0 unspecified atom stereocenters. The highest BCUT2D eigenvalue weighted by Crippen LogP contribution is 2.28. The van der Waals surface area contributed by atoms with Gasteiger partial charge in [-0.2, -0.15) is 0 Å². The molecule has 2 aromatic carbocycles. The third-order valence-electron chi connectivity index (χ3n) is 3.76. The summed E-state index contributed by atoms with van der Waals surface area (Å²) < 4.78 is 1.87. The molecule has 1 heterocycles. The summed E-state index contributed by atoms with van der Waals surface area (Å²) in [5.41, 5.74) is 1.71. The van der Waals surface area contributed by atoms with Crippen molar-refractivity contribution in [1.82, 2.24) is 25.4 Å². The van der Waals surface area contributed by atoms with Crippen LogP contribution >= 0.6 is 23.4 Å². The Hall–Kier alpha value is -2.84. The Kier molecular flexibility index (Phi) is 6.90. The fraction of sp³-hybridized carbons (Fsp3) is 0.200. The molecule has 0 aliphatic rings. The normalized spacial score (nSPS) is 10.8. The summed E-state index contributed by atoms with van der Waals surface area (Å²) >= 11 is 7.20. The maximum absolute atomic E-state index is 12.1. The van der Waals surface area contributed by atoms with Gasteiger partial charge in [0.2, 0.25) is 5.91 Å². The molecule has 0 radical (unpaired) electrons. The van der Waals surface area contributed by atoms with Crippen LogP contribution in [0.25, 0.3) is 17.1 Å². The van der Waals surface area contributed by atoms with Crippen LogP contribution in [0.2, 0.25) is 5.02 Å². The topological polar surface area (TPSA) is 88.9 Å². The van der Waals surface area contributed by atoms with E-state index in [-0.39, 0.29) is 11.8 Å². The van der Waals surface area contributed by atoms with Gasteiger partial charge in [0.25, 0.3) is 0 Å². The number of carbonyl (C=O) groups excluding carboxylic acids is 2. The number of halogens is 1. The van der Waals surface area contributed by atoms with Crippen molar-refractivity contribution in [3.63, 3.8) is 0 Å². The quantitative estimate of drug-likeness (QED) is 0.580. The molecule has 3 rings (SSSR count). The van der Waals surface area contributed by atoms with Crippen LogP contribution in [0.3, 0.4) is 0 Å². The van der Waals surface area contributed by atoms with Crippen LogP contribution in [0.5, 0.6) is 0 Å². The van der Waals surface area contributed by atoms with E-state index in [0.717, 1.165) is 11.3 Å². The lowest BCUT2D eigenvalue weighted by Gasteiger charge is -2.11. The van der Waals surface area contributed by atoms with Gasteiger partial charge in [-0.25, -0.2) is 4.79 Å². The van der Waals surface area contributed by atoms with E-state index < -0.39 is 11.9 Å². The molecule has 0 atom stereocenters. The number of thioether (sulfide) groups is 1. The summed E-state index contributed by atoms with van der Waals surface area (Å²) in [4.78, 5) is 23.8. The van der Waals surface area contributed by atoms with Crippen molar-refractivity contribution >= 4 is 35.3 Å². The minimum atomic E-state index is -0.517. The summed E-state index contributed by atoms with van der Waals surface area (Å²) in [5, 5.41) is 14.7. The van der Waals surface area contributed by atoms with Crippen LogP contribution in [-0.2, 0) is 4.79 Å². The predicted octanol–water partition coefficient (Wildman–Crippen LogP) is 3.91. The Morgan fingerprint density at radius 2 is 1.76 bits per heavy atom. The van der Waals surface area contributed by atoms with E-state index in [1.165, 1.54) is 11.8 Å². The van der Waals surface area contributed by atoms with Gasteiger partial charge in [0.15, 0.2) is 11.0 Å². The summed E-state index contributed by atoms with van der Waals surface area (Å²) in [6.45, 7) is 3.64. The molecular weight excluding hydrogens is 410 g/mol. The van der Waals surface area contributed by atoms with E-state index in [0.29, 0.717) is 16.0 Å². The summed E-state index contributed by atoms with van der Waals surface area (Å²) in [7, 11) is 0. The van der Waals surface area contributed by atoms with Gasteiger partial charge in [0.05, 0.1) is 5.75 Å². The molecule has 29 heavy (non-hydrogen) atoms. The lowest BCUT2D eigenvalue weighted by molar-refractivity contribution is -0.117. The first-order valence-electron chi connectivity index (χ1n) is 8.94. The molecule has 0 aliphatic heterocycles. The molecule has 1 aromatic heterocycles. The van der Waals surface area contributed by atoms with Crippen molar-refractivity contribution in [1.29, 1.82) is 0 Å². The molecule has 3 aromatic rings. The first-order valence-corrected chi connectivity index (χ1v) is 10.3. The van der Waals surface area contributed by atoms with Crippen LogP contribution < -0.4 is 10.6 Å². The molecule has 0 saturated heterocycles. The van der Waals surface area contributed by atoms with E-state index in [9.17, 15) is 9.59 Å². The fourth-order valence-corrected chi connectivity index (χ4v) is 3.43. The fourth-order valence-electron chi connectivity index (χ4n) is 2.55. The second-order valence-corrected chi connectivity index (χ2v) is 7.83. The predicted molar refractivity (Wildman–Crippen MR) is 114 cm³/mol. The molecule has 3 amide bonds. The third-order valence-corrected chi connectivity index (χ3v) is 4.94. The SMILES string of the molecule is CC(C)NC(=O)NC(=O)CSc1nnc(-c2ccc(Cl)cc2)n1-c1ccccc1. The zero-order valence-corrected chi connectivity index (χ0v) is 17.5. The number of urea groups is 1. The van der Waals surface area contributed by atoms with Crippen molar-refractivity contribution < 1.29 is 9.59 Å². The Morgan fingerprint density at radius 3 is 2.41 bits per heavy atom. The van der Waals surface area contributed by atoms with Crippen molar-refractivity contribution in [2.45, 2.75) is 25.0 Å². The number of benzene rings is 2. The smallest absolute Gasteiger partial charge is 0.321 e. The van der Waals surface area contributed by atoms with Crippen LogP contribution in [-0.4, -0.2) is 38.5 Å². The minimum absolute atomic E-state index is 0.0249. The molecule has 0 saturated carbocycles. The number of carbonyl (C=O) groups is 2. The number of amides is 3. The maximum atomic E-state index is 12.1. The number of imide groups is 1. The summed E-state index contributed by atoms with van der Waals surface area (Å²) in [5.74, 6) is 0.244. The van der Waals surface area contributed by atoms with E-state index in [4.69, 9.17) is 11.6 Å². The van der Waals surface area contributed by atoms with Crippen molar-refractivity contribution in [3.8, 4) is 17.1 Å². The zero-order chi connectivity index (χ0) is 20.8. The summed E-state index contributed by atoms with van der Waals surface area (Å²) in [6, 6.07) is 16.3. The number of rotatable bonds is 6. The second kappa shape index (κ2) is 9.58. The van der Waals surface area contributed by atoms with Crippen LogP contribution in [0.4, 0.5) is 4.79 Å².